The van der Waals surface area contributed by atoms with Gasteiger partial charge in [0.25, 0.3) is 0 Å². The Balaban J connectivity index is 0.000000186. The molecule has 0 radical (unpaired) electrons. The Morgan fingerprint density at radius 1 is 0.643 bits per heavy atom. The Kier molecular flexibility index (Phi) is 9.37. The monoisotopic (exact) mass is 369 g/mol. The molecule has 144 valence electrons. The first-order chi connectivity index (χ1) is 13.8. The summed E-state index contributed by atoms with van der Waals surface area (Å²) in [6.07, 6.45) is 8.84. The fourth-order valence-electron chi connectivity index (χ4n) is 2.95. The van der Waals surface area contributed by atoms with Gasteiger partial charge in [0.1, 0.15) is 0 Å². The van der Waals surface area contributed by atoms with Gasteiger partial charge in [-0.15, -0.1) is 0 Å². The van der Waals surface area contributed by atoms with Gasteiger partial charge in [0.2, 0.25) is 0 Å². The highest BCUT2D eigenvalue weighted by molar-refractivity contribution is 5.62. The average molecular weight is 370 g/mol. The van der Waals surface area contributed by atoms with Crippen LogP contribution < -0.4 is 4.90 Å². The summed E-state index contributed by atoms with van der Waals surface area (Å²) in [5, 5.41) is 0. The van der Waals surface area contributed by atoms with Crippen molar-refractivity contribution in [1.82, 2.24) is 0 Å². The van der Waals surface area contributed by atoms with Gasteiger partial charge in [-0.05, 0) is 42.2 Å². The van der Waals surface area contributed by atoms with E-state index >= 15 is 0 Å². The fraction of sp³-hybridized carbons (Fsp3) is 0.185. The summed E-state index contributed by atoms with van der Waals surface area (Å²) in [5.74, 6) is 0. The smallest absolute Gasteiger partial charge is 0.0405 e. The SMILES string of the molecule is CC.CN(C1=CC=CCC1)c1ccccc1.c1ccc(-c2ccccc2)cc1. The molecule has 3 aromatic rings. The van der Waals surface area contributed by atoms with E-state index in [4.69, 9.17) is 0 Å². The highest BCUT2D eigenvalue weighted by atomic mass is 15.1. The molecule has 0 saturated carbocycles. The number of anilines is 1. The normalized spacial score (nSPS) is 11.9. The largest absolute Gasteiger partial charge is 0.348 e. The van der Waals surface area contributed by atoms with Gasteiger partial charge in [-0.25, -0.2) is 0 Å². The average Bonchev–Trinajstić information content (AvgIpc) is 2.83. The molecule has 0 aromatic heterocycles. The molecule has 0 fully saturated rings. The third kappa shape index (κ3) is 6.59. The quantitative estimate of drug-likeness (QED) is 0.456. The number of allylic oxidation sites excluding steroid dienone is 4. The van der Waals surface area contributed by atoms with Crippen molar-refractivity contribution in [2.45, 2.75) is 26.7 Å². The minimum Gasteiger partial charge on any atom is -0.348 e. The van der Waals surface area contributed by atoms with Crippen molar-refractivity contribution < 1.29 is 0 Å². The summed E-state index contributed by atoms with van der Waals surface area (Å²) in [6.45, 7) is 4.00. The lowest BCUT2D eigenvalue weighted by molar-refractivity contribution is 0.896. The maximum absolute atomic E-state index is 2.25. The van der Waals surface area contributed by atoms with Gasteiger partial charge in [-0.1, -0.05) is 105 Å². The molecule has 1 aliphatic rings. The Labute approximate surface area is 170 Å². The minimum absolute atomic E-state index is 1.14. The highest BCUT2D eigenvalue weighted by Crippen LogP contribution is 2.22. The van der Waals surface area contributed by atoms with E-state index in [1.807, 2.05) is 32.0 Å². The summed E-state index contributed by atoms with van der Waals surface area (Å²) >= 11 is 0. The van der Waals surface area contributed by atoms with Crippen LogP contribution in [0.4, 0.5) is 5.69 Å². The summed E-state index contributed by atoms with van der Waals surface area (Å²) in [4.78, 5) is 2.25. The fourth-order valence-corrected chi connectivity index (χ4v) is 2.95. The van der Waals surface area contributed by atoms with Gasteiger partial charge in [0.05, 0.1) is 0 Å². The van der Waals surface area contributed by atoms with Crippen molar-refractivity contribution >= 4 is 5.69 Å². The van der Waals surface area contributed by atoms with Crippen LogP contribution in [-0.4, -0.2) is 7.05 Å². The molecule has 0 saturated heterocycles. The molecule has 1 heteroatoms. The zero-order valence-corrected chi connectivity index (χ0v) is 17.3. The van der Waals surface area contributed by atoms with E-state index in [9.17, 15) is 0 Å². The Bertz CT molecular complexity index is 796. The van der Waals surface area contributed by atoms with Crippen molar-refractivity contribution in [2.24, 2.45) is 0 Å². The van der Waals surface area contributed by atoms with Gasteiger partial charge in [-0.3, -0.25) is 0 Å². The van der Waals surface area contributed by atoms with Crippen molar-refractivity contribution in [3.63, 3.8) is 0 Å². The molecule has 0 atom stereocenters. The molecular weight excluding hydrogens is 338 g/mol. The van der Waals surface area contributed by atoms with Crippen molar-refractivity contribution in [1.29, 1.82) is 0 Å². The third-order valence-corrected chi connectivity index (χ3v) is 4.45. The van der Waals surface area contributed by atoms with Crippen LogP contribution in [0.5, 0.6) is 0 Å². The molecular formula is C27H31N. The lowest BCUT2D eigenvalue weighted by atomic mass is 10.1. The van der Waals surface area contributed by atoms with Crippen molar-refractivity contribution in [3.05, 3.63) is 115 Å². The van der Waals surface area contributed by atoms with E-state index in [2.05, 4.69) is 103 Å². The van der Waals surface area contributed by atoms with Crippen molar-refractivity contribution in [3.8, 4) is 11.1 Å². The standard InChI is InChI=1S/C13H15N.C12H10.C2H6/c1-14(12-8-4-2-5-9-12)13-10-6-3-7-11-13;1-3-7-11(8-4-1)12-9-5-2-6-10-12;1-2/h2-6,8-10H,7,11H2,1H3;1-10H;1-2H3. The lowest BCUT2D eigenvalue weighted by Gasteiger charge is -2.23. The molecule has 0 bridgehead atoms. The molecule has 0 spiro atoms. The van der Waals surface area contributed by atoms with Crippen molar-refractivity contribution in [2.75, 3.05) is 11.9 Å². The van der Waals surface area contributed by atoms with Gasteiger partial charge in [-0.2, -0.15) is 0 Å². The van der Waals surface area contributed by atoms with Crippen LogP contribution in [0, 0.1) is 0 Å². The Morgan fingerprint density at radius 3 is 1.54 bits per heavy atom. The second-order valence-corrected chi connectivity index (χ2v) is 6.25. The second-order valence-electron chi connectivity index (χ2n) is 6.25. The summed E-state index contributed by atoms with van der Waals surface area (Å²) in [7, 11) is 2.13. The molecule has 0 aliphatic heterocycles. The predicted molar refractivity (Wildman–Crippen MR) is 125 cm³/mol. The molecule has 28 heavy (non-hydrogen) atoms. The molecule has 1 aliphatic carbocycles. The Morgan fingerprint density at radius 2 is 1.11 bits per heavy atom. The first-order valence-corrected chi connectivity index (χ1v) is 10.1. The van der Waals surface area contributed by atoms with E-state index in [-0.39, 0.29) is 0 Å². The molecule has 0 N–H and O–H groups in total. The summed E-state index contributed by atoms with van der Waals surface area (Å²) in [5.41, 5.74) is 5.20. The van der Waals surface area contributed by atoms with Gasteiger partial charge < -0.3 is 4.90 Å². The number of rotatable bonds is 3. The minimum atomic E-state index is 1.14. The molecule has 0 unspecified atom stereocenters. The van der Waals surface area contributed by atoms with Crippen LogP contribution in [-0.2, 0) is 0 Å². The van der Waals surface area contributed by atoms with E-state index in [0.29, 0.717) is 0 Å². The summed E-state index contributed by atoms with van der Waals surface area (Å²) in [6, 6.07) is 31.3. The molecule has 4 rings (SSSR count). The number of nitrogens with zero attached hydrogens (tertiary/aromatic N) is 1. The van der Waals surface area contributed by atoms with Crippen LogP contribution in [0.3, 0.4) is 0 Å². The number of benzene rings is 3. The lowest BCUT2D eigenvalue weighted by Crippen LogP contribution is -2.16. The van der Waals surface area contributed by atoms with E-state index in [1.165, 1.54) is 22.5 Å². The molecule has 0 amide bonds. The van der Waals surface area contributed by atoms with Gasteiger partial charge in [0.15, 0.2) is 0 Å². The zero-order chi connectivity index (χ0) is 20.0. The number of hydrogen-bond donors (Lipinski definition) is 0. The highest BCUT2D eigenvalue weighted by Gasteiger charge is 2.06. The molecule has 3 aromatic carbocycles. The first-order valence-electron chi connectivity index (χ1n) is 10.1. The first kappa shape index (κ1) is 21.2. The predicted octanol–water partition coefficient (Wildman–Crippen LogP) is 7.74. The van der Waals surface area contributed by atoms with Crippen LogP contribution in [0.25, 0.3) is 11.1 Å². The van der Waals surface area contributed by atoms with Crippen LogP contribution >= 0.6 is 0 Å². The number of hydrogen-bond acceptors (Lipinski definition) is 1. The van der Waals surface area contributed by atoms with E-state index in [0.717, 1.165) is 12.8 Å². The zero-order valence-electron chi connectivity index (χ0n) is 17.3. The maximum atomic E-state index is 2.25. The Hall–Kier alpha value is -3.06. The van der Waals surface area contributed by atoms with Gasteiger partial charge >= 0.3 is 0 Å². The second kappa shape index (κ2) is 12.3. The molecule has 1 nitrogen and oxygen atoms in total. The van der Waals surface area contributed by atoms with Crippen LogP contribution in [0.15, 0.2) is 115 Å². The van der Waals surface area contributed by atoms with Gasteiger partial charge in [0, 0.05) is 18.4 Å². The third-order valence-electron chi connectivity index (χ3n) is 4.45. The van der Waals surface area contributed by atoms with Crippen LogP contribution in [0.2, 0.25) is 0 Å². The molecule has 0 heterocycles. The summed E-state index contributed by atoms with van der Waals surface area (Å²) < 4.78 is 0. The number of para-hydroxylation sites is 1. The topological polar surface area (TPSA) is 3.24 Å². The maximum Gasteiger partial charge on any atom is 0.0405 e. The van der Waals surface area contributed by atoms with E-state index < -0.39 is 0 Å². The van der Waals surface area contributed by atoms with E-state index in [1.54, 1.807) is 0 Å². The van der Waals surface area contributed by atoms with Crippen LogP contribution in [0.1, 0.15) is 26.7 Å².